The Hall–Kier alpha value is -1.73. The van der Waals surface area contributed by atoms with E-state index in [1.807, 2.05) is 0 Å². The summed E-state index contributed by atoms with van der Waals surface area (Å²) in [5.41, 5.74) is -2.24. The average Bonchev–Trinajstić information content (AvgIpc) is 3.24. The molecule has 1 saturated heterocycles. The van der Waals surface area contributed by atoms with Crippen LogP contribution in [0, 0.1) is 0 Å². The van der Waals surface area contributed by atoms with E-state index in [1.165, 1.54) is 17.8 Å². The maximum atomic E-state index is 13.9. The van der Waals surface area contributed by atoms with Crippen molar-refractivity contribution in [3.05, 3.63) is 23.0 Å². The van der Waals surface area contributed by atoms with Crippen molar-refractivity contribution < 1.29 is 38.4 Å². The molecule has 3 unspecified atom stereocenters. The Balaban J connectivity index is 1.87. The van der Waals surface area contributed by atoms with Crippen molar-refractivity contribution in [2.24, 2.45) is 0 Å². The van der Waals surface area contributed by atoms with Crippen LogP contribution in [0.4, 0.5) is 4.39 Å². The van der Waals surface area contributed by atoms with Gasteiger partial charge in [0.25, 0.3) is 5.56 Å². The zero-order valence-corrected chi connectivity index (χ0v) is 17.1. The zero-order chi connectivity index (χ0) is 22.3. The smallest absolute Gasteiger partial charge is 0.356 e. The minimum Gasteiger partial charge on any atom is -0.388 e. The second-order valence-corrected chi connectivity index (χ2v) is 9.32. The van der Waals surface area contributed by atoms with E-state index in [9.17, 15) is 34.0 Å². The van der Waals surface area contributed by atoms with Crippen LogP contribution in [0.3, 0.4) is 0 Å². The Kier molecular flexibility index (Phi) is 6.44. The minimum absolute atomic E-state index is 0.000566. The molecule has 0 spiro atoms. The van der Waals surface area contributed by atoms with E-state index in [4.69, 9.17) is 9.26 Å². The number of fused-ring (bicyclic) bond motifs is 1. The third-order valence-electron chi connectivity index (χ3n) is 5.23. The van der Waals surface area contributed by atoms with Crippen LogP contribution < -0.4 is 5.56 Å². The Bertz CT molecular complexity index is 993. The number of aliphatic hydroxyl groups is 3. The van der Waals surface area contributed by atoms with Crippen LogP contribution in [0.1, 0.15) is 32.9 Å². The number of hydrogen-bond acceptors (Lipinski definition) is 9. The predicted octanol–water partition coefficient (Wildman–Crippen LogP) is -0.212. The lowest BCUT2D eigenvalue weighted by Gasteiger charge is -2.35. The molecule has 30 heavy (non-hydrogen) atoms. The van der Waals surface area contributed by atoms with E-state index >= 15 is 0 Å². The first kappa shape index (κ1) is 22.9. The highest BCUT2D eigenvalue weighted by Gasteiger charge is 2.50. The third kappa shape index (κ3) is 4.06. The number of aromatic nitrogens is 4. The molecule has 7 atom stereocenters. The largest absolute Gasteiger partial charge is 0.388 e. The highest BCUT2D eigenvalue weighted by Crippen LogP contribution is 2.52. The van der Waals surface area contributed by atoms with Crippen LogP contribution in [0.15, 0.2) is 17.4 Å². The van der Waals surface area contributed by atoms with Crippen LogP contribution in [0.25, 0.3) is 11.2 Å². The van der Waals surface area contributed by atoms with Crippen LogP contribution in [-0.2, 0) is 13.8 Å². The van der Waals surface area contributed by atoms with E-state index < -0.39 is 55.8 Å². The summed E-state index contributed by atoms with van der Waals surface area (Å²) in [6.45, 7) is 1.36. The van der Waals surface area contributed by atoms with E-state index in [0.29, 0.717) is 0 Å². The Morgan fingerprint density at radius 1 is 1.43 bits per heavy atom. The maximum absolute atomic E-state index is 13.9. The highest BCUT2D eigenvalue weighted by atomic mass is 31.2. The summed E-state index contributed by atoms with van der Waals surface area (Å²) in [5, 5.41) is 30.4. The van der Waals surface area contributed by atoms with Gasteiger partial charge in [-0.2, -0.15) is 0 Å². The molecule has 0 aromatic carbocycles. The van der Waals surface area contributed by atoms with Gasteiger partial charge in [0, 0.05) is 6.42 Å². The minimum atomic E-state index is -4.56. The van der Waals surface area contributed by atoms with E-state index in [-0.39, 0.29) is 24.0 Å². The Morgan fingerprint density at radius 3 is 2.73 bits per heavy atom. The van der Waals surface area contributed by atoms with Gasteiger partial charge < -0.3 is 29.9 Å². The summed E-state index contributed by atoms with van der Waals surface area (Å²) < 4.78 is 38.1. The summed E-state index contributed by atoms with van der Waals surface area (Å²) in [7, 11) is -4.56. The number of aromatic amines is 1. The molecule has 1 aliphatic rings. The average molecular weight is 450 g/mol. The number of nitrogens with one attached hydrogen (secondary N) is 1. The van der Waals surface area contributed by atoms with Crippen molar-refractivity contribution >= 4 is 18.8 Å². The van der Waals surface area contributed by atoms with Gasteiger partial charge in [0.1, 0.15) is 24.5 Å². The molecule has 0 radical (unpaired) electrons. The SMILES string of the molecule is CCC(CF)(C[C@H]1O[C@@H](n2cnc3c(=O)[nH]cnc32)[C@H](O)[C@@H]1O)OP(=O)(O)C(C)O. The molecular formula is C16H24FN4O8P. The van der Waals surface area contributed by atoms with Crippen LogP contribution in [-0.4, -0.2) is 76.2 Å². The summed E-state index contributed by atoms with van der Waals surface area (Å²) in [6, 6.07) is 0. The second kappa shape index (κ2) is 8.42. The number of ether oxygens (including phenoxy) is 1. The standard InChI is InChI=1S/C16H24FN4O8P/c1-3-16(5-17,29-30(26,27)8(2)22)4-9-11(23)12(24)15(28-9)21-7-20-10-13(21)18-6-19-14(10)25/h6-9,11-12,15,22-24H,3-5H2,1-2H3,(H,26,27)(H,18,19,25)/t8?,9-,11-,12-,15-,16?/m1/s1. The van der Waals surface area contributed by atoms with Crippen LogP contribution in [0.5, 0.6) is 0 Å². The topological polar surface area (TPSA) is 180 Å². The highest BCUT2D eigenvalue weighted by molar-refractivity contribution is 7.53. The molecule has 0 amide bonds. The predicted molar refractivity (Wildman–Crippen MR) is 100 cm³/mol. The molecule has 0 bridgehead atoms. The van der Waals surface area contributed by atoms with Crippen molar-refractivity contribution in [2.75, 3.05) is 6.67 Å². The van der Waals surface area contributed by atoms with Gasteiger partial charge >= 0.3 is 7.60 Å². The van der Waals surface area contributed by atoms with Crippen LogP contribution >= 0.6 is 7.60 Å². The van der Waals surface area contributed by atoms with Crippen molar-refractivity contribution in [2.45, 2.75) is 62.7 Å². The molecular weight excluding hydrogens is 426 g/mol. The van der Waals surface area contributed by atoms with Gasteiger partial charge in [-0.3, -0.25) is 18.5 Å². The fourth-order valence-corrected chi connectivity index (χ4v) is 4.28. The molecule has 0 saturated carbocycles. The number of alkyl halides is 1. The van der Waals surface area contributed by atoms with E-state index in [1.54, 1.807) is 0 Å². The first-order valence-corrected chi connectivity index (χ1v) is 10.9. The summed E-state index contributed by atoms with van der Waals surface area (Å²) >= 11 is 0. The molecule has 0 aliphatic carbocycles. The zero-order valence-electron chi connectivity index (χ0n) is 16.3. The summed E-state index contributed by atoms with van der Waals surface area (Å²) in [6.07, 6.45) is -3.47. The van der Waals surface area contributed by atoms with Crippen molar-refractivity contribution in [3.8, 4) is 0 Å². The molecule has 168 valence electrons. The molecule has 5 N–H and O–H groups in total. The molecule has 2 aromatic rings. The Morgan fingerprint density at radius 2 is 2.13 bits per heavy atom. The molecule has 3 heterocycles. The van der Waals surface area contributed by atoms with Gasteiger partial charge in [0.2, 0.25) is 0 Å². The first-order chi connectivity index (χ1) is 14.0. The fraction of sp³-hybridized carbons (Fsp3) is 0.688. The van der Waals surface area contributed by atoms with E-state index in [2.05, 4.69) is 15.0 Å². The third-order valence-corrected chi connectivity index (χ3v) is 6.83. The maximum Gasteiger partial charge on any atom is 0.356 e. The molecule has 3 rings (SSSR count). The molecule has 1 fully saturated rings. The number of halogens is 1. The quantitative estimate of drug-likeness (QED) is 0.338. The van der Waals surface area contributed by atoms with Gasteiger partial charge in [-0.05, 0) is 13.3 Å². The van der Waals surface area contributed by atoms with Gasteiger partial charge in [0.15, 0.2) is 23.2 Å². The number of rotatable bonds is 8. The lowest BCUT2D eigenvalue weighted by atomic mass is 9.92. The van der Waals surface area contributed by atoms with Gasteiger partial charge in [-0.1, -0.05) is 6.92 Å². The molecule has 12 nitrogen and oxygen atoms in total. The monoisotopic (exact) mass is 450 g/mol. The van der Waals surface area contributed by atoms with Crippen molar-refractivity contribution in [1.29, 1.82) is 0 Å². The fourth-order valence-electron chi connectivity index (χ4n) is 3.32. The number of imidazole rings is 1. The Labute approximate surface area is 169 Å². The number of H-pyrrole nitrogens is 1. The summed E-state index contributed by atoms with van der Waals surface area (Å²) in [5.74, 6) is -1.75. The number of nitrogens with zero attached hydrogens (tertiary/aromatic N) is 3. The second-order valence-electron chi connectivity index (χ2n) is 7.26. The normalized spacial score (nSPS) is 29.6. The number of aliphatic hydroxyl groups excluding tert-OH is 3. The van der Waals surface area contributed by atoms with Gasteiger partial charge in [-0.25, -0.2) is 14.4 Å². The molecule has 1 aliphatic heterocycles. The van der Waals surface area contributed by atoms with Gasteiger partial charge in [0.05, 0.1) is 18.8 Å². The van der Waals surface area contributed by atoms with Crippen molar-refractivity contribution in [3.63, 3.8) is 0 Å². The van der Waals surface area contributed by atoms with Gasteiger partial charge in [-0.15, -0.1) is 0 Å². The van der Waals surface area contributed by atoms with Crippen molar-refractivity contribution in [1.82, 2.24) is 19.5 Å². The number of hydrogen-bond donors (Lipinski definition) is 5. The first-order valence-electron chi connectivity index (χ1n) is 9.24. The van der Waals surface area contributed by atoms with E-state index in [0.717, 1.165) is 13.3 Å². The molecule has 2 aromatic heterocycles. The molecule has 14 heteroatoms. The lowest BCUT2D eigenvalue weighted by Crippen LogP contribution is -2.42. The van der Waals surface area contributed by atoms with Crippen LogP contribution in [0.2, 0.25) is 0 Å². The summed E-state index contributed by atoms with van der Waals surface area (Å²) in [4.78, 5) is 31.9. The lowest BCUT2D eigenvalue weighted by molar-refractivity contribution is -0.0776.